The largest absolute Gasteiger partial charge is 0.494 e. The summed E-state index contributed by atoms with van der Waals surface area (Å²) in [5, 5.41) is 0.306. The monoisotopic (exact) mass is 408 g/mol. The third-order valence-electron chi connectivity index (χ3n) is 5.61. The summed E-state index contributed by atoms with van der Waals surface area (Å²) in [4.78, 5) is 44.0. The summed E-state index contributed by atoms with van der Waals surface area (Å²) in [6, 6.07) is 10.9. The van der Waals surface area contributed by atoms with Gasteiger partial charge in [-0.2, -0.15) is 0 Å². The molecule has 8 nitrogen and oxygen atoms in total. The van der Waals surface area contributed by atoms with Gasteiger partial charge in [0.25, 0.3) is 11.5 Å². The second-order valence-corrected chi connectivity index (χ2v) is 7.43. The molecule has 1 fully saturated rings. The predicted octanol–water partition coefficient (Wildman–Crippen LogP) is 2.01. The number of benzene rings is 1. The Morgan fingerprint density at radius 3 is 2.53 bits per heavy atom. The number of hydrogen-bond acceptors (Lipinski definition) is 5. The van der Waals surface area contributed by atoms with E-state index >= 15 is 0 Å². The number of fused-ring (bicyclic) bond motifs is 1. The van der Waals surface area contributed by atoms with Crippen LogP contribution < -0.4 is 16.0 Å². The molecule has 0 aliphatic carbocycles. The van der Waals surface area contributed by atoms with Crippen LogP contribution in [0.25, 0.3) is 11.0 Å². The molecule has 8 heteroatoms. The van der Waals surface area contributed by atoms with Crippen molar-refractivity contribution in [3.8, 4) is 5.75 Å². The number of carbonyl (C=O) groups excluding carboxylic acids is 1. The Kier molecular flexibility index (Phi) is 5.15. The van der Waals surface area contributed by atoms with Crippen LogP contribution in [-0.2, 0) is 14.1 Å². The molecule has 1 atom stereocenters. The fraction of sp³-hybridized carbons (Fsp3) is 0.364. The Labute approximate surface area is 173 Å². The Morgan fingerprint density at radius 1 is 1.10 bits per heavy atom. The molecule has 2 aromatic heterocycles. The molecule has 1 aliphatic heterocycles. The molecule has 3 heterocycles. The number of rotatable bonds is 4. The fourth-order valence-corrected chi connectivity index (χ4v) is 4.03. The molecule has 0 saturated carbocycles. The highest BCUT2D eigenvalue weighted by atomic mass is 16.5. The Morgan fingerprint density at radius 2 is 1.83 bits per heavy atom. The summed E-state index contributed by atoms with van der Waals surface area (Å²) in [6.45, 7) is 3.17. The molecule has 30 heavy (non-hydrogen) atoms. The van der Waals surface area contributed by atoms with E-state index < -0.39 is 11.2 Å². The van der Waals surface area contributed by atoms with Crippen molar-refractivity contribution in [3.05, 3.63) is 68.5 Å². The third kappa shape index (κ3) is 3.28. The van der Waals surface area contributed by atoms with Gasteiger partial charge >= 0.3 is 5.69 Å². The van der Waals surface area contributed by atoms with Crippen molar-refractivity contribution in [2.45, 2.75) is 25.8 Å². The lowest BCUT2D eigenvalue weighted by Gasteiger charge is -2.25. The summed E-state index contributed by atoms with van der Waals surface area (Å²) in [5.41, 5.74) is 0.590. The number of nitrogens with zero attached hydrogens (tertiary/aromatic N) is 4. The summed E-state index contributed by atoms with van der Waals surface area (Å²) < 4.78 is 7.83. The average Bonchev–Trinajstić information content (AvgIpc) is 3.26. The van der Waals surface area contributed by atoms with E-state index in [0.717, 1.165) is 28.7 Å². The van der Waals surface area contributed by atoms with Gasteiger partial charge in [0.05, 0.1) is 18.0 Å². The van der Waals surface area contributed by atoms with E-state index in [9.17, 15) is 14.4 Å². The minimum atomic E-state index is -0.474. The van der Waals surface area contributed by atoms with Crippen molar-refractivity contribution in [3.63, 3.8) is 0 Å². The van der Waals surface area contributed by atoms with Gasteiger partial charge in [-0.15, -0.1) is 0 Å². The predicted molar refractivity (Wildman–Crippen MR) is 113 cm³/mol. The van der Waals surface area contributed by atoms with Crippen LogP contribution in [-0.4, -0.2) is 38.1 Å². The first-order chi connectivity index (χ1) is 14.4. The number of carbonyl (C=O) groups is 1. The van der Waals surface area contributed by atoms with Gasteiger partial charge in [0.15, 0.2) is 0 Å². The lowest BCUT2D eigenvalue weighted by Crippen LogP contribution is -2.38. The van der Waals surface area contributed by atoms with Crippen molar-refractivity contribution >= 4 is 16.9 Å². The van der Waals surface area contributed by atoms with E-state index in [2.05, 4.69) is 4.98 Å². The maximum Gasteiger partial charge on any atom is 0.332 e. The number of hydrogen-bond donors (Lipinski definition) is 0. The maximum absolute atomic E-state index is 13.3. The zero-order chi connectivity index (χ0) is 21.4. The summed E-state index contributed by atoms with van der Waals surface area (Å²) in [7, 11) is 2.97. The van der Waals surface area contributed by atoms with Gasteiger partial charge in [-0.25, -0.2) is 9.78 Å². The van der Waals surface area contributed by atoms with E-state index in [1.807, 2.05) is 36.1 Å². The van der Waals surface area contributed by atoms with Gasteiger partial charge in [0, 0.05) is 20.6 Å². The Balaban J connectivity index is 1.68. The normalized spacial score (nSPS) is 16.2. The van der Waals surface area contributed by atoms with Crippen LogP contribution in [0.1, 0.15) is 41.9 Å². The zero-order valence-corrected chi connectivity index (χ0v) is 17.3. The number of pyridine rings is 1. The first-order valence-corrected chi connectivity index (χ1v) is 10.0. The van der Waals surface area contributed by atoms with E-state index in [0.29, 0.717) is 18.5 Å². The van der Waals surface area contributed by atoms with Crippen LogP contribution in [0.4, 0.5) is 0 Å². The van der Waals surface area contributed by atoms with E-state index in [1.165, 1.54) is 11.6 Å². The van der Waals surface area contributed by atoms with Crippen LogP contribution in [0.2, 0.25) is 0 Å². The Bertz CT molecular complexity index is 1230. The fourth-order valence-electron chi connectivity index (χ4n) is 4.03. The summed E-state index contributed by atoms with van der Waals surface area (Å²) in [5.74, 6) is 0.595. The molecule has 1 aromatic carbocycles. The van der Waals surface area contributed by atoms with E-state index in [1.54, 1.807) is 19.2 Å². The van der Waals surface area contributed by atoms with Gasteiger partial charge < -0.3 is 9.64 Å². The lowest BCUT2D eigenvalue weighted by molar-refractivity contribution is 0.0730. The van der Waals surface area contributed by atoms with E-state index in [4.69, 9.17) is 4.74 Å². The summed E-state index contributed by atoms with van der Waals surface area (Å²) >= 11 is 0. The molecular formula is C22H24N4O4. The minimum Gasteiger partial charge on any atom is -0.494 e. The summed E-state index contributed by atoms with van der Waals surface area (Å²) in [6.07, 6.45) is 1.77. The number of ether oxygens (including phenoxy) is 1. The first kappa shape index (κ1) is 19.9. The second-order valence-electron chi connectivity index (χ2n) is 7.43. The van der Waals surface area contributed by atoms with Crippen LogP contribution in [0.5, 0.6) is 5.75 Å². The highest BCUT2D eigenvalue weighted by Crippen LogP contribution is 2.33. The molecule has 3 aromatic rings. The van der Waals surface area contributed by atoms with Gasteiger partial charge in [0.1, 0.15) is 17.1 Å². The lowest BCUT2D eigenvalue weighted by atomic mass is 10.0. The van der Waals surface area contributed by atoms with E-state index in [-0.39, 0.29) is 23.3 Å². The smallest absolute Gasteiger partial charge is 0.332 e. The topological polar surface area (TPSA) is 86.4 Å². The molecule has 0 bridgehead atoms. The zero-order valence-electron chi connectivity index (χ0n) is 17.3. The minimum absolute atomic E-state index is 0.0434. The molecule has 0 radical (unpaired) electrons. The van der Waals surface area contributed by atoms with Crippen molar-refractivity contribution < 1.29 is 9.53 Å². The van der Waals surface area contributed by atoms with Crippen molar-refractivity contribution in [1.29, 1.82) is 0 Å². The van der Waals surface area contributed by atoms with Crippen LogP contribution in [0.3, 0.4) is 0 Å². The van der Waals surface area contributed by atoms with Crippen LogP contribution in [0.15, 0.2) is 46.0 Å². The Hall–Kier alpha value is -3.42. The van der Waals surface area contributed by atoms with Gasteiger partial charge in [-0.05, 0) is 49.6 Å². The number of amides is 1. The van der Waals surface area contributed by atoms with Gasteiger partial charge in [-0.3, -0.25) is 18.7 Å². The molecule has 156 valence electrons. The number of aryl methyl sites for hydroxylation is 1. The molecule has 1 saturated heterocycles. The molecule has 1 amide bonds. The quantitative estimate of drug-likeness (QED) is 0.659. The van der Waals surface area contributed by atoms with Crippen molar-refractivity contribution in [2.75, 3.05) is 13.2 Å². The van der Waals surface area contributed by atoms with Crippen LogP contribution in [0, 0.1) is 0 Å². The molecule has 0 unspecified atom stereocenters. The molecule has 0 N–H and O–H groups in total. The maximum atomic E-state index is 13.3. The molecular weight excluding hydrogens is 384 g/mol. The average molecular weight is 408 g/mol. The third-order valence-corrected chi connectivity index (χ3v) is 5.61. The standard InChI is InChI=1S/C22H24N4O4/c1-4-30-15-9-7-14(8-10-15)18-6-5-13-26(18)21(28)17-12-11-16-19(23-17)24(2)22(29)25(3)20(16)27/h7-12,18H,4-6,13H2,1-3H3/t18-/m0/s1. The van der Waals surface area contributed by atoms with Crippen molar-refractivity contribution in [1.82, 2.24) is 19.0 Å². The van der Waals surface area contributed by atoms with Gasteiger partial charge in [-0.1, -0.05) is 12.1 Å². The number of likely N-dealkylation sites (tertiary alicyclic amines) is 1. The molecule has 0 spiro atoms. The SMILES string of the molecule is CCOc1ccc([C@@H]2CCCN2C(=O)c2ccc3c(=O)n(C)c(=O)n(C)c3n2)cc1. The highest BCUT2D eigenvalue weighted by Gasteiger charge is 2.31. The van der Waals surface area contributed by atoms with Gasteiger partial charge in [0.2, 0.25) is 0 Å². The molecule has 4 rings (SSSR count). The van der Waals surface area contributed by atoms with Crippen LogP contribution >= 0.6 is 0 Å². The van der Waals surface area contributed by atoms with Crippen molar-refractivity contribution in [2.24, 2.45) is 14.1 Å². The highest BCUT2D eigenvalue weighted by molar-refractivity contribution is 5.94. The first-order valence-electron chi connectivity index (χ1n) is 10.0. The number of aromatic nitrogens is 3. The molecule has 1 aliphatic rings. The second kappa shape index (κ2) is 7.78.